The zero-order valence-corrected chi connectivity index (χ0v) is 12.6. The maximum Gasteiger partial charge on any atom is 0.147 e. The fourth-order valence-electron chi connectivity index (χ4n) is 3.21. The van der Waals surface area contributed by atoms with Gasteiger partial charge in [0.25, 0.3) is 0 Å². The van der Waals surface area contributed by atoms with Crippen LogP contribution in [0.1, 0.15) is 22.7 Å². The first-order valence-electron chi connectivity index (χ1n) is 7.33. The highest BCUT2D eigenvalue weighted by Gasteiger charge is 2.25. The SMILES string of the molecule is Oc1c(C2NCCc3ccccc32)cc(Cl)c2cccnc12. The van der Waals surface area contributed by atoms with Crippen LogP contribution in [0.15, 0.2) is 48.7 Å². The predicted molar refractivity (Wildman–Crippen MR) is 88.4 cm³/mol. The zero-order chi connectivity index (χ0) is 15.1. The largest absolute Gasteiger partial charge is 0.505 e. The lowest BCUT2D eigenvalue weighted by Gasteiger charge is -2.28. The van der Waals surface area contributed by atoms with Crippen molar-refractivity contribution in [2.45, 2.75) is 12.5 Å². The van der Waals surface area contributed by atoms with Crippen molar-refractivity contribution in [3.8, 4) is 5.75 Å². The molecule has 1 aliphatic rings. The topological polar surface area (TPSA) is 45.1 Å². The fourth-order valence-corrected chi connectivity index (χ4v) is 3.48. The van der Waals surface area contributed by atoms with E-state index in [1.807, 2.05) is 24.3 Å². The lowest BCUT2D eigenvalue weighted by molar-refractivity contribution is 0.458. The number of nitrogens with one attached hydrogen (secondary N) is 1. The van der Waals surface area contributed by atoms with E-state index in [0.29, 0.717) is 10.5 Å². The highest BCUT2D eigenvalue weighted by Crippen LogP contribution is 2.39. The van der Waals surface area contributed by atoms with Gasteiger partial charge in [-0.2, -0.15) is 0 Å². The second-order valence-corrected chi connectivity index (χ2v) is 5.94. The van der Waals surface area contributed by atoms with E-state index in [9.17, 15) is 5.11 Å². The average Bonchev–Trinajstić information content (AvgIpc) is 2.58. The maximum absolute atomic E-state index is 10.7. The summed E-state index contributed by atoms with van der Waals surface area (Å²) in [7, 11) is 0. The van der Waals surface area contributed by atoms with E-state index < -0.39 is 0 Å². The van der Waals surface area contributed by atoms with Gasteiger partial charge in [-0.05, 0) is 35.7 Å². The monoisotopic (exact) mass is 310 g/mol. The van der Waals surface area contributed by atoms with Crippen LogP contribution in [-0.4, -0.2) is 16.6 Å². The molecule has 1 unspecified atom stereocenters. The molecular weight excluding hydrogens is 296 g/mol. The minimum absolute atomic E-state index is 0.0612. The van der Waals surface area contributed by atoms with Gasteiger partial charge in [-0.15, -0.1) is 0 Å². The molecule has 4 rings (SSSR count). The van der Waals surface area contributed by atoms with Gasteiger partial charge in [-0.25, -0.2) is 0 Å². The van der Waals surface area contributed by atoms with Crippen LogP contribution < -0.4 is 5.32 Å². The zero-order valence-electron chi connectivity index (χ0n) is 11.9. The Morgan fingerprint density at radius 1 is 1.14 bits per heavy atom. The van der Waals surface area contributed by atoms with Crippen LogP contribution in [0, 0.1) is 0 Å². The quantitative estimate of drug-likeness (QED) is 0.718. The lowest BCUT2D eigenvalue weighted by atomic mass is 9.89. The summed E-state index contributed by atoms with van der Waals surface area (Å²) in [6.07, 6.45) is 2.66. The van der Waals surface area contributed by atoms with Gasteiger partial charge >= 0.3 is 0 Å². The van der Waals surface area contributed by atoms with Crippen molar-refractivity contribution < 1.29 is 5.11 Å². The molecule has 0 aliphatic carbocycles. The third kappa shape index (κ3) is 2.05. The second kappa shape index (κ2) is 5.27. The van der Waals surface area contributed by atoms with Crippen LogP contribution in [0.2, 0.25) is 5.02 Å². The molecule has 1 atom stereocenters. The molecule has 2 heterocycles. The molecule has 4 heteroatoms. The highest BCUT2D eigenvalue weighted by molar-refractivity contribution is 6.35. The molecule has 1 aromatic heterocycles. The van der Waals surface area contributed by atoms with Gasteiger partial charge in [0.1, 0.15) is 11.3 Å². The van der Waals surface area contributed by atoms with Crippen molar-refractivity contribution in [1.82, 2.24) is 10.3 Å². The molecular formula is C18H15ClN2O. The van der Waals surface area contributed by atoms with Gasteiger partial charge in [0.15, 0.2) is 0 Å². The van der Waals surface area contributed by atoms with E-state index in [1.165, 1.54) is 11.1 Å². The van der Waals surface area contributed by atoms with E-state index in [0.717, 1.165) is 23.9 Å². The number of aromatic nitrogens is 1. The minimum Gasteiger partial charge on any atom is -0.505 e. The molecule has 110 valence electrons. The Morgan fingerprint density at radius 2 is 2.00 bits per heavy atom. The first-order valence-corrected chi connectivity index (χ1v) is 7.71. The van der Waals surface area contributed by atoms with Crippen LogP contribution in [0.3, 0.4) is 0 Å². The van der Waals surface area contributed by atoms with Crippen LogP contribution >= 0.6 is 11.6 Å². The molecule has 1 aliphatic heterocycles. The highest BCUT2D eigenvalue weighted by atomic mass is 35.5. The summed E-state index contributed by atoms with van der Waals surface area (Å²) in [6, 6.07) is 13.8. The molecule has 0 fully saturated rings. The number of nitrogens with zero attached hydrogens (tertiary/aromatic N) is 1. The Bertz CT molecular complexity index is 863. The van der Waals surface area contributed by atoms with Gasteiger partial charge in [0.2, 0.25) is 0 Å². The normalized spacial score (nSPS) is 17.4. The molecule has 2 N–H and O–H groups in total. The first-order chi connectivity index (χ1) is 10.8. The third-order valence-electron chi connectivity index (χ3n) is 4.26. The standard InChI is InChI=1S/C18H15ClN2O/c19-15-10-14(18(22)17-13(15)6-3-8-20-17)16-12-5-2-1-4-11(12)7-9-21-16/h1-6,8,10,16,21-22H,7,9H2. The van der Waals surface area contributed by atoms with Crippen molar-refractivity contribution >= 4 is 22.5 Å². The Hall–Kier alpha value is -2.10. The summed E-state index contributed by atoms with van der Waals surface area (Å²) in [5, 5.41) is 15.6. The van der Waals surface area contributed by atoms with Crippen molar-refractivity contribution in [3.05, 3.63) is 70.4 Å². The van der Waals surface area contributed by atoms with E-state index in [-0.39, 0.29) is 11.8 Å². The number of pyridine rings is 1. The smallest absolute Gasteiger partial charge is 0.147 e. The Kier molecular flexibility index (Phi) is 3.25. The summed E-state index contributed by atoms with van der Waals surface area (Å²) in [5.74, 6) is 0.203. The van der Waals surface area contributed by atoms with Gasteiger partial charge in [0, 0.05) is 23.7 Å². The van der Waals surface area contributed by atoms with E-state index in [4.69, 9.17) is 11.6 Å². The van der Waals surface area contributed by atoms with Crippen molar-refractivity contribution in [3.63, 3.8) is 0 Å². The number of fused-ring (bicyclic) bond motifs is 2. The van der Waals surface area contributed by atoms with Crippen molar-refractivity contribution in [2.24, 2.45) is 0 Å². The summed E-state index contributed by atoms with van der Waals surface area (Å²) < 4.78 is 0. The summed E-state index contributed by atoms with van der Waals surface area (Å²) in [5.41, 5.74) is 3.83. The summed E-state index contributed by atoms with van der Waals surface area (Å²) in [4.78, 5) is 4.29. The van der Waals surface area contributed by atoms with E-state index in [1.54, 1.807) is 6.20 Å². The van der Waals surface area contributed by atoms with Crippen LogP contribution in [0.4, 0.5) is 0 Å². The first kappa shape index (κ1) is 13.6. The maximum atomic E-state index is 10.7. The van der Waals surface area contributed by atoms with Crippen LogP contribution in [0.5, 0.6) is 5.75 Å². The Labute approximate surface area is 133 Å². The number of rotatable bonds is 1. The third-order valence-corrected chi connectivity index (χ3v) is 4.58. The molecule has 0 saturated carbocycles. The second-order valence-electron chi connectivity index (χ2n) is 5.53. The summed E-state index contributed by atoms with van der Waals surface area (Å²) in [6.45, 7) is 0.874. The molecule has 0 radical (unpaired) electrons. The van der Waals surface area contributed by atoms with Crippen LogP contribution in [0.25, 0.3) is 10.9 Å². The number of phenols is 1. The fraction of sp³-hybridized carbons (Fsp3) is 0.167. The van der Waals surface area contributed by atoms with Crippen molar-refractivity contribution in [2.75, 3.05) is 6.54 Å². The van der Waals surface area contributed by atoms with Crippen molar-refractivity contribution in [1.29, 1.82) is 0 Å². The van der Waals surface area contributed by atoms with Gasteiger partial charge < -0.3 is 10.4 Å². The predicted octanol–water partition coefficient (Wildman–Crippen LogP) is 3.83. The molecule has 0 saturated heterocycles. The number of halogens is 1. The van der Waals surface area contributed by atoms with E-state index in [2.05, 4.69) is 28.5 Å². The number of phenolic OH excluding ortho intramolecular Hbond substituents is 1. The summed E-state index contributed by atoms with van der Waals surface area (Å²) >= 11 is 6.40. The molecule has 0 bridgehead atoms. The molecule has 2 aromatic carbocycles. The molecule has 3 aromatic rings. The molecule has 0 spiro atoms. The number of hydrogen-bond acceptors (Lipinski definition) is 3. The Balaban J connectivity index is 1.94. The number of hydrogen-bond donors (Lipinski definition) is 2. The minimum atomic E-state index is -0.0612. The van der Waals surface area contributed by atoms with Gasteiger partial charge in [-0.1, -0.05) is 35.9 Å². The van der Waals surface area contributed by atoms with Gasteiger partial charge in [-0.3, -0.25) is 4.98 Å². The Morgan fingerprint density at radius 3 is 2.91 bits per heavy atom. The van der Waals surface area contributed by atoms with Crippen LogP contribution in [-0.2, 0) is 6.42 Å². The lowest BCUT2D eigenvalue weighted by Crippen LogP contribution is -2.30. The number of aromatic hydroxyl groups is 1. The molecule has 3 nitrogen and oxygen atoms in total. The molecule has 0 amide bonds. The molecule has 22 heavy (non-hydrogen) atoms. The number of benzene rings is 2. The average molecular weight is 311 g/mol. The van der Waals surface area contributed by atoms with Gasteiger partial charge in [0.05, 0.1) is 11.1 Å². The van der Waals surface area contributed by atoms with E-state index >= 15 is 0 Å².